The van der Waals surface area contributed by atoms with Crippen LogP contribution < -0.4 is 15.4 Å². The fraction of sp³-hybridized carbons (Fsp3) is 0.391. The zero-order chi connectivity index (χ0) is 20.6. The number of aliphatic imine (C=N–C) groups is 1. The summed E-state index contributed by atoms with van der Waals surface area (Å²) in [7, 11) is 1.58. The molecule has 0 unspecified atom stereocenters. The average Bonchev–Trinajstić information content (AvgIpc) is 3.26. The van der Waals surface area contributed by atoms with Gasteiger partial charge in [0.05, 0.1) is 19.8 Å². The number of carbonyl (C=O) groups excluding carboxylic acids is 1. The number of nitrogens with zero attached hydrogens (tertiary/aromatic N) is 1. The summed E-state index contributed by atoms with van der Waals surface area (Å²) in [5.74, 6) is 1.25. The molecule has 0 bridgehead atoms. The highest BCUT2D eigenvalue weighted by atomic mass is 16.5. The minimum Gasteiger partial charge on any atom is -0.497 e. The highest BCUT2D eigenvalue weighted by Crippen LogP contribution is 2.18. The number of anilines is 1. The van der Waals surface area contributed by atoms with Crippen LogP contribution in [0.4, 0.5) is 5.69 Å². The quantitative estimate of drug-likeness (QED) is 0.568. The Morgan fingerprint density at radius 1 is 1.24 bits per heavy atom. The smallest absolute Gasteiger partial charge is 0.258 e. The van der Waals surface area contributed by atoms with Crippen molar-refractivity contribution in [3.63, 3.8) is 0 Å². The van der Waals surface area contributed by atoms with Crippen molar-refractivity contribution < 1.29 is 14.3 Å². The third kappa shape index (κ3) is 6.06. The molecular weight excluding hydrogens is 366 g/mol. The van der Waals surface area contributed by atoms with E-state index in [4.69, 9.17) is 9.47 Å². The summed E-state index contributed by atoms with van der Waals surface area (Å²) in [4.78, 5) is 17.3. The second-order valence-electron chi connectivity index (χ2n) is 7.41. The molecule has 154 valence electrons. The van der Waals surface area contributed by atoms with Gasteiger partial charge in [-0.05, 0) is 54.7 Å². The molecular formula is C23H29N3O3. The second kappa shape index (κ2) is 10.1. The Hall–Kier alpha value is -2.86. The van der Waals surface area contributed by atoms with Gasteiger partial charge in [-0.3, -0.25) is 10.1 Å². The molecule has 1 aliphatic heterocycles. The van der Waals surface area contributed by atoms with Crippen molar-refractivity contribution >= 4 is 17.6 Å². The number of ether oxygens (including phenoxy) is 2. The number of methoxy groups -OCH3 is 1. The van der Waals surface area contributed by atoms with Crippen molar-refractivity contribution in [3.8, 4) is 5.75 Å². The van der Waals surface area contributed by atoms with Crippen LogP contribution in [-0.4, -0.2) is 38.2 Å². The first-order valence-electron chi connectivity index (χ1n) is 10.0. The minimum absolute atomic E-state index is 0.101. The molecule has 2 aromatic rings. The number of hydrogen-bond acceptors (Lipinski definition) is 4. The lowest BCUT2D eigenvalue weighted by Gasteiger charge is -2.14. The fourth-order valence-electron chi connectivity index (χ4n) is 3.12. The Labute approximate surface area is 172 Å². The number of rotatable bonds is 6. The highest BCUT2D eigenvalue weighted by molar-refractivity contribution is 6.10. The van der Waals surface area contributed by atoms with Gasteiger partial charge in [-0.1, -0.05) is 32.0 Å². The number of carbonyl (C=O) groups is 1. The lowest BCUT2D eigenvalue weighted by atomic mass is 10.0. The molecule has 0 aromatic heterocycles. The SMILES string of the molecule is COc1cccc(C(=O)NC(=NC[C@@H]2CCCO2)Nc2ccc(C(C)C)cc2)c1. The van der Waals surface area contributed by atoms with Crippen molar-refractivity contribution in [3.05, 3.63) is 59.7 Å². The van der Waals surface area contributed by atoms with E-state index in [2.05, 4.69) is 41.6 Å². The zero-order valence-electron chi connectivity index (χ0n) is 17.3. The predicted molar refractivity (Wildman–Crippen MR) is 116 cm³/mol. The average molecular weight is 396 g/mol. The van der Waals surface area contributed by atoms with Crippen LogP contribution in [0.3, 0.4) is 0 Å². The molecule has 0 aliphatic carbocycles. The van der Waals surface area contributed by atoms with Crippen molar-refractivity contribution in [2.45, 2.75) is 38.7 Å². The van der Waals surface area contributed by atoms with E-state index in [0.717, 1.165) is 25.1 Å². The van der Waals surface area contributed by atoms with Crippen molar-refractivity contribution in [1.82, 2.24) is 5.32 Å². The third-order valence-electron chi connectivity index (χ3n) is 4.88. The van der Waals surface area contributed by atoms with Gasteiger partial charge in [0.1, 0.15) is 5.75 Å². The van der Waals surface area contributed by atoms with Crippen LogP contribution in [0.2, 0.25) is 0 Å². The van der Waals surface area contributed by atoms with Crippen molar-refractivity contribution in [2.75, 3.05) is 25.6 Å². The summed E-state index contributed by atoms with van der Waals surface area (Å²) in [5, 5.41) is 6.11. The molecule has 2 N–H and O–H groups in total. The summed E-state index contributed by atoms with van der Waals surface area (Å²) in [6.45, 7) is 5.59. The summed E-state index contributed by atoms with van der Waals surface area (Å²) in [6.07, 6.45) is 2.14. The predicted octanol–water partition coefficient (Wildman–Crippen LogP) is 4.20. The summed E-state index contributed by atoms with van der Waals surface area (Å²) < 4.78 is 10.9. The molecule has 1 atom stereocenters. The first kappa shape index (κ1) is 20.9. The molecule has 6 heteroatoms. The van der Waals surface area contributed by atoms with Crippen LogP contribution in [-0.2, 0) is 4.74 Å². The number of guanidine groups is 1. The van der Waals surface area contributed by atoms with Crippen molar-refractivity contribution in [1.29, 1.82) is 0 Å². The van der Waals surface area contributed by atoms with Crippen LogP contribution in [0.5, 0.6) is 5.75 Å². The minimum atomic E-state index is -0.249. The van der Waals surface area contributed by atoms with Gasteiger partial charge in [0, 0.05) is 17.9 Å². The molecule has 0 radical (unpaired) electrons. The fourth-order valence-corrected chi connectivity index (χ4v) is 3.12. The molecule has 1 amide bonds. The lowest BCUT2D eigenvalue weighted by molar-refractivity contribution is 0.0975. The third-order valence-corrected chi connectivity index (χ3v) is 4.88. The molecule has 29 heavy (non-hydrogen) atoms. The van der Waals surface area contributed by atoms with Gasteiger partial charge in [0.15, 0.2) is 0 Å². The standard InChI is InChI=1S/C23H29N3O3/c1-16(2)17-9-11-19(12-10-17)25-23(24-15-21-8-5-13-29-21)26-22(27)18-6-4-7-20(14-18)28-3/h4,6-7,9-12,14,16,21H,5,8,13,15H2,1-3H3,(H2,24,25,26,27)/t21-/m0/s1. The highest BCUT2D eigenvalue weighted by Gasteiger charge is 2.16. The molecule has 3 rings (SSSR count). The Morgan fingerprint density at radius 2 is 2.03 bits per heavy atom. The molecule has 1 aliphatic rings. The molecule has 6 nitrogen and oxygen atoms in total. The van der Waals surface area contributed by atoms with Gasteiger partial charge < -0.3 is 14.8 Å². The number of nitrogens with one attached hydrogen (secondary N) is 2. The van der Waals surface area contributed by atoms with E-state index < -0.39 is 0 Å². The maximum Gasteiger partial charge on any atom is 0.258 e. The van der Waals surface area contributed by atoms with Gasteiger partial charge >= 0.3 is 0 Å². The maximum atomic E-state index is 12.7. The summed E-state index contributed by atoms with van der Waals surface area (Å²) >= 11 is 0. The number of benzene rings is 2. The Morgan fingerprint density at radius 3 is 2.69 bits per heavy atom. The molecule has 1 heterocycles. The largest absolute Gasteiger partial charge is 0.497 e. The Kier molecular flexibility index (Phi) is 7.25. The van der Waals surface area contributed by atoms with E-state index in [-0.39, 0.29) is 12.0 Å². The number of hydrogen-bond donors (Lipinski definition) is 2. The normalized spacial score (nSPS) is 16.7. The first-order valence-corrected chi connectivity index (χ1v) is 10.0. The second-order valence-corrected chi connectivity index (χ2v) is 7.41. The maximum absolute atomic E-state index is 12.7. The molecule has 1 fully saturated rings. The Balaban J connectivity index is 1.74. The first-order chi connectivity index (χ1) is 14.0. The van der Waals surface area contributed by atoms with E-state index in [0.29, 0.717) is 29.7 Å². The van der Waals surface area contributed by atoms with Crippen LogP contribution in [0.25, 0.3) is 0 Å². The molecule has 1 saturated heterocycles. The van der Waals surface area contributed by atoms with Gasteiger partial charge in [0.2, 0.25) is 5.96 Å². The van der Waals surface area contributed by atoms with E-state index in [1.165, 1.54) is 5.56 Å². The molecule has 0 spiro atoms. The van der Waals surface area contributed by atoms with E-state index >= 15 is 0 Å². The van der Waals surface area contributed by atoms with Crippen LogP contribution in [0.15, 0.2) is 53.5 Å². The van der Waals surface area contributed by atoms with Crippen molar-refractivity contribution in [2.24, 2.45) is 4.99 Å². The van der Waals surface area contributed by atoms with Gasteiger partial charge in [-0.25, -0.2) is 4.99 Å². The topological polar surface area (TPSA) is 72.0 Å². The van der Waals surface area contributed by atoms with Gasteiger partial charge in [0.25, 0.3) is 5.91 Å². The van der Waals surface area contributed by atoms with E-state index in [9.17, 15) is 4.79 Å². The van der Waals surface area contributed by atoms with Gasteiger partial charge in [-0.2, -0.15) is 0 Å². The van der Waals surface area contributed by atoms with E-state index in [1.807, 2.05) is 12.1 Å². The molecule has 0 saturated carbocycles. The van der Waals surface area contributed by atoms with Crippen LogP contribution >= 0.6 is 0 Å². The monoisotopic (exact) mass is 395 g/mol. The summed E-state index contributed by atoms with van der Waals surface area (Å²) in [5.41, 5.74) is 2.63. The lowest BCUT2D eigenvalue weighted by Crippen LogP contribution is -2.36. The van der Waals surface area contributed by atoms with Crippen LogP contribution in [0.1, 0.15) is 48.5 Å². The Bertz CT molecular complexity index is 841. The van der Waals surface area contributed by atoms with E-state index in [1.54, 1.807) is 31.4 Å². The van der Waals surface area contributed by atoms with Crippen LogP contribution in [0, 0.1) is 0 Å². The summed E-state index contributed by atoms with van der Waals surface area (Å²) in [6, 6.07) is 15.2. The van der Waals surface area contributed by atoms with Gasteiger partial charge in [-0.15, -0.1) is 0 Å². The zero-order valence-corrected chi connectivity index (χ0v) is 17.3. The molecule has 2 aromatic carbocycles. The number of amides is 1.